The van der Waals surface area contributed by atoms with Gasteiger partial charge in [0.15, 0.2) is 0 Å². The van der Waals surface area contributed by atoms with Gasteiger partial charge in [0.25, 0.3) is 0 Å². The van der Waals surface area contributed by atoms with Crippen LogP contribution in [0.1, 0.15) is 25.0 Å². The van der Waals surface area contributed by atoms with Gasteiger partial charge >= 0.3 is 0 Å². The zero-order valence-electron chi connectivity index (χ0n) is 15.6. The van der Waals surface area contributed by atoms with Gasteiger partial charge in [-0.05, 0) is 29.7 Å². The number of aliphatic imine (C=N–C) groups is 1. The van der Waals surface area contributed by atoms with Crippen molar-refractivity contribution in [3.63, 3.8) is 0 Å². The van der Waals surface area contributed by atoms with Crippen molar-refractivity contribution < 1.29 is 0 Å². The third-order valence-electron chi connectivity index (χ3n) is 5.46. The third-order valence-corrected chi connectivity index (χ3v) is 5.46. The molecule has 1 unspecified atom stereocenters. The van der Waals surface area contributed by atoms with E-state index in [1.807, 2.05) is 18.2 Å². The summed E-state index contributed by atoms with van der Waals surface area (Å²) in [5, 5.41) is 0. The summed E-state index contributed by atoms with van der Waals surface area (Å²) in [6.07, 6.45) is 0. The molecule has 0 saturated heterocycles. The van der Waals surface area contributed by atoms with Crippen LogP contribution in [-0.2, 0) is 5.54 Å². The first-order valence-electron chi connectivity index (χ1n) is 9.18. The molecule has 0 aliphatic carbocycles. The number of benzene rings is 3. The van der Waals surface area contributed by atoms with Crippen molar-refractivity contribution in [1.82, 2.24) is 0 Å². The third kappa shape index (κ3) is 2.37. The van der Waals surface area contributed by atoms with Crippen LogP contribution in [0.5, 0.6) is 0 Å². The predicted octanol–water partition coefficient (Wildman–Crippen LogP) is 5.81. The summed E-state index contributed by atoms with van der Waals surface area (Å²) in [5.74, 6) is 0.352. The lowest BCUT2D eigenvalue weighted by Crippen LogP contribution is -2.50. The standard InChI is InChI=1S/C24H24N2/c1-18(2)24(19-12-6-4-7-13-19)23(25-20-14-8-5-9-15-20)21-16-10-11-17-22(21)26(24)3/h4-18H,1-3H3. The van der Waals surface area contributed by atoms with E-state index >= 15 is 0 Å². The van der Waals surface area contributed by atoms with Gasteiger partial charge in [-0.25, -0.2) is 4.99 Å². The zero-order chi connectivity index (χ0) is 18.1. The molecule has 130 valence electrons. The van der Waals surface area contributed by atoms with Crippen LogP contribution in [0.3, 0.4) is 0 Å². The first kappa shape index (κ1) is 16.6. The average Bonchev–Trinajstić information content (AvgIpc) is 2.93. The number of likely N-dealkylation sites (N-methyl/N-ethyl adjacent to an activating group) is 1. The van der Waals surface area contributed by atoms with Gasteiger partial charge in [-0.2, -0.15) is 0 Å². The van der Waals surface area contributed by atoms with Crippen LogP contribution in [0.2, 0.25) is 0 Å². The van der Waals surface area contributed by atoms with Crippen LogP contribution in [-0.4, -0.2) is 12.8 Å². The van der Waals surface area contributed by atoms with Gasteiger partial charge in [0.1, 0.15) is 5.54 Å². The highest BCUT2D eigenvalue weighted by molar-refractivity contribution is 6.18. The molecule has 0 amide bonds. The van der Waals surface area contributed by atoms with Crippen molar-refractivity contribution in [2.75, 3.05) is 11.9 Å². The molecule has 0 bridgehead atoms. The van der Waals surface area contributed by atoms with E-state index in [0.717, 1.165) is 11.4 Å². The Labute approximate surface area is 155 Å². The lowest BCUT2D eigenvalue weighted by atomic mass is 9.75. The van der Waals surface area contributed by atoms with Crippen LogP contribution in [0.15, 0.2) is 89.9 Å². The fraction of sp³-hybridized carbons (Fsp3) is 0.208. The molecule has 1 aliphatic rings. The maximum Gasteiger partial charge on any atom is 0.110 e. The minimum atomic E-state index is -0.291. The first-order valence-corrected chi connectivity index (χ1v) is 9.18. The SMILES string of the molecule is CC(C)C1(c2ccccc2)C(=Nc2ccccc2)c2ccccc2N1C. The second kappa shape index (κ2) is 6.45. The summed E-state index contributed by atoms with van der Waals surface area (Å²) in [4.78, 5) is 7.58. The Bertz CT molecular complexity index is 929. The fourth-order valence-corrected chi connectivity index (χ4v) is 4.31. The van der Waals surface area contributed by atoms with Crippen molar-refractivity contribution in [3.05, 3.63) is 96.1 Å². The molecule has 2 heteroatoms. The second-order valence-corrected chi connectivity index (χ2v) is 7.16. The van der Waals surface area contributed by atoms with E-state index in [2.05, 4.69) is 92.5 Å². The lowest BCUT2D eigenvalue weighted by Gasteiger charge is -2.42. The van der Waals surface area contributed by atoms with Gasteiger partial charge in [0.2, 0.25) is 0 Å². The summed E-state index contributed by atoms with van der Waals surface area (Å²) >= 11 is 0. The Morgan fingerprint density at radius 2 is 1.35 bits per heavy atom. The molecule has 0 aromatic heterocycles. The van der Waals surface area contributed by atoms with Crippen LogP contribution in [0.4, 0.5) is 11.4 Å². The monoisotopic (exact) mass is 340 g/mol. The molecule has 3 aromatic rings. The number of anilines is 1. The largest absolute Gasteiger partial charge is 0.359 e. The first-order chi connectivity index (χ1) is 12.7. The molecule has 26 heavy (non-hydrogen) atoms. The Balaban J connectivity index is 2.04. The molecule has 1 heterocycles. The van der Waals surface area contributed by atoms with Crippen molar-refractivity contribution in [1.29, 1.82) is 0 Å². The van der Waals surface area contributed by atoms with Crippen molar-refractivity contribution >= 4 is 17.1 Å². The van der Waals surface area contributed by atoms with Crippen LogP contribution < -0.4 is 4.90 Å². The van der Waals surface area contributed by atoms with E-state index < -0.39 is 0 Å². The molecule has 0 spiro atoms. The summed E-state index contributed by atoms with van der Waals surface area (Å²) < 4.78 is 0. The van der Waals surface area contributed by atoms with Gasteiger partial charge in [-0.3, -0.25) is 0 Å². The summed E-state index contributed by atoms with van der Waals surface area (Å²) in [5.41, 5.74) is 5.57. The maximum absolute atomic E-state index is 5.18. The minimum absolute atomic E-state index is 0.291. The molecule has 0 N–H and O–H groups in total. The highest BCUT2D eigenvalue weighted by atomic mass is 15.2. The molecule has 1 aliphatic heterocycles. The Morgan fingerprint density at radius 1 is 0.769 bits per heavy atom. The number of fused-ring (bicyclic) bond motifs is 1. The Kier molecular flexibility index (Phi) is 4.12. The molecule has 2 nitrogen and oxygen atoms in total. The van der Waals surface area contributed by atoms with E-state index in [0.29, 0.717) is 5.92 Å². The predicted molar refractivity (Wildman–Crippen MR) is 110 cm³/mol. The number of hydrogen-bond acceptors (Lipinski definition) is 2. The van der Waals surface area contributed by atoms with Crippen LogP contribution >= 0.6 is 0 Å². The molecule has 1 atom stereocenters. The number of hydrogen-bond donors (Lipinski definition) is 0. The van der Waals surface area contributed by atoms with E-state index in [4.69, 9.17) is 4.99 Å². The summed E-state index contributed by atoms with van der Waals surface area (Å²) in [6, 6.07) is 29.6. The fourth-order valence-electron chi connectivity index (χ4n) is 4.31. The Morgan fingerprint density at radius 3 is 2.00 bits per heavy atom. The molecular weight excluding hydrogens is 316 g/mol. The molecule has 0 radical (unpaired) electrons. The van der Waals surface area contributed by atoms with E-state index in [9.17, 15) is 0 Å². The summed E-state index contributed by atoms with van der Waals surface area (Å²) in [7, 11) is 2.19. The van der Waals surface area contributed by atoms with E-state index in [1.54, 1.807) is 0 Å². The van der Waals surface area contributed by atoms with Gasteiger partial charge < -0.3 is 4.90 Å². The molecule has 3 aromatic carbocycles. The van der Waals surface area contributed by atoms with Gasteiger partial charge in [0.05, 0.1) is 11.4 Å². The molecule has 0 saturated carbocycles. The van der Waals surface area contributed by atoms with Gasteiger partial charge in [0, 0.05) is 18.3 Å². The number of nitrogens with zero attached hydrogens (tertiary/aromatic N) is 2. The highest BCUT2D eigenvalue weighted by Crippen LogP contribution is 2.49. The minimum Gasteiger partial charge on any atom is -0.359 e. The Hall–Kier alpha value is -2.87. The van der Waals surface area contributed by atoms with Crippen molar-refractivity contribution in [2.45, 2.75) is 19.4 Å². The highest BCUT2D eigenvalue weighted by Gasteiger charge is 2.50. The van der Waals surface area contributed by atoms with Gasteiger partial charge in [-0.1, -0.05) is 80.6 Å². The molecule has 4 rings (SSSR count). The smallest absolute Gasteiger partial charge is 0.110 e. The van der Waals surface area contributed by atoms with E-state index in [1.165, 1.54) is 16.8 Å². The quantitative estimate of drug-likeness (QED) is 0.587. The maximum atomic E-state index is 5.18. The normalized spacial score (nSPS) is 20.6. The van der Waals surface area contributed by atoms with Crippen molar-refractivity contribution in [3.8, 4) is 0 Å². The average molecular weight is 340 g/mol. The van der Waals surface area contributed by atoms with Crippen molar-refractivity contribution in [2.24, 2.45) is 10.9 Å². The van der Waals surface area contributed by atoms with Crippen LogP contribution in [0.25, 0.3) is 0 Å². The number of para-hydroxylation sites is 2. The zero-order valence-corrected chi connectivity index (χ0v) is 15.6. The van der Waals surface area contributed by atoms with E-state index in [-0.39, 0.29) is 5.54 Å². The second-order valence-electron chi connectivity index (χ2n) is 7.16. The van der Waals surface area contributed by atoms with Gasteiger partial charge in [-0.15, -0.1) is 0 Å². The molecular formula is C24H24N2. The lowest BCUT2D eigenvalue weighted by molar-refractivity contribution is 0.417. The summed E-state index contributed by atoms with van der Waals surface area (Å²) in [6.45, 7) is 4.58. The number of rotatable bonds is 3. The molecule has 0 fully saturated rings. The van der Waals surface area contributed by atoms with Crippen LogP contribution in [0, 0.1) is 5.92 Å². The topological polar surface area (TPSA) is 15.6 Å².